The summed E-state index contributed by atoms with van der Waals surface area (Å²) < 4.78 is 78.3. The molecule has 2 aromatic rings. The number of nitriles is 1. The van der Waals surface area contributed by atoms with Crippen LogP contribution in [0.1, 0.15) is 24.5 Å². The number of halogens is 5. The van der Waals surface area contributed by atoms with Crippen LogP contribution < -0.4 is 4.74 Å². The minimum Gasteiger partial charge on any atom is -0.490 e. The van der Waals surface area contributed by atoms with Gasteiger partial charge in [-0.2, -0.15) is 18.4 Å². The number of thioether (sulfide) groups is 1. The summed E-state index contributed by atoms with van der Waals surface area (Å²) in [6, 6.07) is 8.54. The van der Waals surface area contributed by atoms with Gasteiger partial charge in [-0.3, -0.25) is 0 Å². The van der Waals surface area contributed by atoms with Crippen molar-refractivity contribution in [2.45, 2.75) is 34.8 Å². The van der Waals surface area contributed by atoms with Gasteiger partial charge in [-0.15, -0.1) is 11.8 Å². The van der Waals surface area contributed by atoms with Gasteiger partial charge >= 0.3 is 6.18 Å². The zero-order valence-electron chi connectivity index (χ0n) is 15.7. The number of hydrogen-bond donors (Lipinski definition) is 0. The molecule has 2 aliphatic rings. The quantitative estimate of drug-likeness (QED) is 0.562. The van der Waals surface area contributed by atoms with Gasteiger partial charge in [0.05, 0.1) is 35.5 Å². The molecule has 0 amide bonds. The van der Waals surface area contributed by atoms with Crippen molar-refractivity contribution in [2.24, 2.45) is 5.92 Å². The summed E-state index contributed by atoms with van der Waals surface area (Å²) in [5.74, 6) is -2.34. The van der Waals surface area contributed by atoms with Gasteiger partial charge in [-0.05, 0) is 49.7 Å². The van der Waals surface area contributed by atoms with Crippen LogP contribution in [0.5, 0.6) is 5.75 Å². The molecule has 3 atom stereocenters. The van der Waals surface area contributed by atoms with E-state index in [1.165, 1.54) is 12.1 Å². The number of ether oxygens (including phenoxy) is 2. The van der Waals surface area contributed by atoms with Crippen molar-refractivity contribution in [2.75, 3.05) is 13.2 Å². The molecule has 0 N–H and O–H groups in total. The zero-order valence-corrected chi connectivity index (χ0v) is 16.5. The molecule has 30 heavy (non-hydrogen) atoms. The molecule has 2 aromatic carbocycles. The van der Waals surface area contributed by atoms with E-state index in [2.05, 4.69) is 6.07 Å². The molecule has 2 heterocycles. The Morgan fingerprint density at radius 2 is 1.77 bits per heavy atom. The Morgan fingerprint density at radius 3 is 2.40 bits per heavy atom. The maximum absolute atomic E-state index is 15.0. The second-order valence-electron chi connectivity index (χ2n) is 7.43. The molecule has 9 heteroatoms. The molecule has 0 aliphatic carbocycles. The Hall–Kier alpha value is -2.31. The lowest BCUT2D eigenvalue weighted by atomic mass is 9.71. The maximum Gasteiger partial charge on any atom is 0.416 e. The summed E-state index contributed by atoms with van der Waals surface area (Å²) in [6.45, 7) is 1.57. The van der Waals surface area contributed by atoms with Gasteiger partial charge in [0, 0.05) is 10.5 Å². The van der Waals surface area contributed by atoms with E-state index >= 15 is 4.39 Å². The van der Waals surface area contributed by atoms with E-state index in [-0.39, 0.29) is 30.9 Å². The van der Waals surface area contributed by atoms with E-state index in [1.54, 1.807) is 6.92 Å². The van der Waals surface area contributed by atoms with Crippen LogP contribution in [-0.2, 0) is 15.7 Å². The van der Waals surface area contributed by atoms with Gasteiger partial charge in [0.2, 0.25) is 0 Å². The minimum absolute atomic E-state index is 0.0200. The molecule has 0 saturated carbocycles. The fourth-order valence-electron chi connectivity index (χ4n) is 4.17. The number of benzene rings is 2. The highest BCUT2D eigenvalue weighted by atomic mass is 32.2. The van der Waals surface area contributed by atoms with Crippen LogP contribution in [0.15, 0.2) is 41.3 Å². The van der Waals surface area contributed by atoms with Gasteiger partial charge in [-0.1, -0.05) is 0 Å². The van der Waals surface area contributed by atoms with Crippen molar-refractivity contribution in [3.8, 4) is 11.8 Å². The lowest BCUT2D eigenvalue weighted by Crippen LogP contribution is -2.57. The highest BCUT2D eigenvalue weighted by molar-refractivity contribution is 8.00. The molecule has 0 unspecified atom stereocenters. The Kier molecular flexibility index (Phi) is 4.98. The fourth-order valence-corrected chi connectivity index (χ4v) is 5.77. The predicted octanol–water partition coefficient (Wildman–Crippen LogP) is 5.68. The number of hydrogen-bond acceptors (Lipinski definition) is 4. The van der Waals surface area contributed by atoms with Crippen molar-refractivity contribution >= 4 is 11.8 Å². The summed E-state index contributed by atoms with van der Waals surface area (Å²) >= 11 is 1.11. The summed E-state index contributed by atoms with van der Waals surface area (Å²) in [5.41, 5.74) is -2.17. The van der Waals surface area contributed by atoms with Crippen molar-refractivity contribution < 1.29 is 31.4 Å². The van der Waals surface area contributed by atoms with Crippen molar-refractivity contribution in [3.05, 3.63) is 59.2 Å². The molecule has 158 valence electrons. The number of fused-ring (bicyclic) bond motifs is 3. The smallest absolute Gasteiger partial charge is 0.416 e. The van der Waals surface area contributed by atoms with Gasteiger partial charge in [0.1, 0.15) is 5.82 Å². The van der Waals surface area contributed by atoms with Gasteiger partial charge in [-0.25, -0.2) is 8.78 Å². The van der Waals surface area contributed by atoms with Crippen LogP contribution in [0.25, 0.3) is 0 Å². The highest BCUT2D eigenvalue weighted by Crippen LogP contribution is 2.60. The molecule has 0 radical (unpaired) electrons. The molecule has 2 aliphatic heterocycles. The molecule has 3 nitrogen and oxygen atoms in total. The van der Waals surface area contributed by atoms with Crippen LogP contribution in [0.4, 0.5) is 22.0 Å². The summed E-state index contributed by atoms with van der Waals surface area (Å²) in [5, 5.41) is 9.73. The van der Waals surface area contributed by atoms with Crippen LogP contribution in [0, 0.1) is 28.9 Å². The lowest BCUT2D eigenvalue weighted by molar-refractivity contribution is -0.137. The molecular weight excluding hydrogens is 425 g/mol. The minimum atomic E-state index is -4.48. The van der Waals surface area contributed by atoms with E-state index in [0.29, 0.717) is 4.90 Å². The summed E-state index contributed by atoms with van der Waals surface area (Å²) in [7, 11) is 0. The summed E-state index contributed by atoms with van der Waals surface area (Å²) in [6.07, 6.45) is -4.25. The molecule has 0 aromatic heterocycles. The Labute approximate surface area is 173 Å². The molecule has 0 spiro atoms. The second-order valence-corrected chi connectivity index (χ2v) is 8.83. The third-order valence-corrected chi connectivity index (χ3v) is 7.25. The van der Waals surface area contributed by atoms with E-state index in [4.69, 9.17) is 9.47 Å². The largest absolute Gasteiger partial charge is 0.490 e. The normalized spacial score (nSPS) is 28.1. The van der Waals surface area contributed by atoms with Gasteiger partial charge < -0.3 is 9.47 Å². The first-order valence-corrected chi connectivity index (χ1v) is 9.95. The monoisotopic (exact) mass is 441 g/mol. The standard InChI is InChI=1S/C21H16F5NO2S/c1-19(11-27)16-10-28-18-15(23)7-6-14(22)17(18)20(16,8-9-29-19)30-13-4-2-12(3-5-13)21(24,25)26/h2-7,16H,8-10H2,1H3/t16-,19-,20-/m1/s1. The number of rotatable bonds is 2. The zero-order chi connectivity index (χ0) is 21.7. The number of alkyl halides is 3. The van der Waals surface area contributed by atoms with Crippen molar-refractivity contribution in [1.29, 1.82) is 5.26 Å². The van der Waals surface area contributed by atoms with Crippen LogP contribution >= 0.6 is 11.8 Å². The van der Waals surface area contributed by atoms with Crippen LogP contribution in [0.2, 0.25) is 0 Å². The van der Waals surface area contributed by atoms with Crippen LogP contribution in [0.3, 0.4) is 0 Å². The molecule has 1 saturated heterocycles. The third kappa shape index (κ3) is 3.22. The Bertz CT molecular complexity index is 1020. The fraction of sp³-hybridized carbons (Fsp3) is 0.381. The number of nitrogens with zero attached hydrogens (tertiary/aromatic N) is 1. The first-order valence-electron chi connectivity index (χ1n) is 9.13. The van der Waals surface area contributed by atoms with E-state index in [1.807, 2.05) is 0 Å². The van der Waals surface area contributed by atoms with Crippen molar-refractivity contribution in [1.82, 2.24) is 0 Å². The van der Waals surface area contributed by atoms with Crippen molar-refractivity contribution in [3.63, 3.8) is 0 Å². The van der Waals surface area contributed by atoms with Gasteiger partial charge in [0.15, 0.2) is 17.2 Å². The first kappa shape index (κ1) is 20.9. The van der Waals surface area contributed by atoms with Gasteiger partial charge in [0.25, 0.3) is 0 Å². The third-order valence-electron chi connectivity index (χ3n) is 5.68. The molecule has 0 bridgehead atoms. The Morgan fingerprint density at radius 1 is 1.10 bits per heavy atom. The SMILES string of the molecule is C[C@]1(C#N)OCC[C@]2(Sc3ccc(C(F)(F)F)cc3)c3c(F)ccc(F)c3OC[C@H]12. The molecule has 4 rings (SSSR count). The van der Waals surface area contributed by atoms with Crippen LogP contribution in [-0.4, -0.2) is 18.8 Å². The maximum atomic E-state index is 15.0. The van der Waals surface area contributed by atoms with E-state index in [0.717, 1.165) is 36.0 Å². The highest BCUT2D eigenvalue weighted by Gasteiger charge is 2.59. The van der Waals surface area contributed by atoms with E-state index in [9.17, 15) is 22.8 Å². The predicted molar refractivity (Wildman–Crippen MR) is 98.9 cm³/mol. The second kappa shape index (κ2) is 7.13. The Balaban J connectivity index is 1.86. The van der Waals surface area contributed by atoms with E-state index < -0.39 is 39.6 Å². The lowest BCUT2D eigenvalue weighted by Gasteiger charge is -2.52. The summed E-state index contributed by atoms with van der Waals surface area (Å²) in [4.78, 5) is 0.437. The molecular formula is C21H16F5NO2S. The average molecular weight is 441 g/mol. The topological polar surface area (TPSA) is 42.2 Å². The average Bonchev–Trinajstić information content (AvgIpc) is 2.70. The first-order chi connectivity index (χ1) is 14.1. The molecule has 1 fully saturated rings.